The van der Waals surface area contributed by atoms with Crippen LogP contribution in [0.5, 0.6) is 5.75 Å². The molecule has 0 aliphatic carbocycles. The number of likely N-dealkylation sites (tertiary alicyclic amines) is 1. The highest BCUT2D eigenvalue weighted by Crippen LogP contribution is 2.23. The molecule has 1 aromatic carbocycles. The molecule has 0 unspecified atom stereocenters. The lowest BCUT2D eigenvalue weighted by Gasteiger charge is -2.31. The van der Waals surface area contributed by atoms with Crippen LogP contribution < -0.4 is 4.74 Å². The third-order valence-corrected chi connectivity index (χ3v) is 6.49. The SMILES string of the molecule is Cn1cnnc1S(=O)(=O)C1CCN(C(=O)COc2ccccc2)CC1. The highest BCUT2D eigenvalue weighted by Gasteiger charge is 2.35. The van der Waals surface area contributed by atoms with Crippen molar-refractivity contribution in [2.24, 2.45) is 7.05 Å². The number of amides is 1. The van der Waals surface area contributed by atoms with Gasteiger partial charge < -0.3 is 14.2 Å². The molecule has 9 heteroatoms. The molecule has 0 spiro atoms. The number of nitrogens with zero attached hydrogens (tertiary/aromatic N) is 4. The molecule has 1 aromatic heterocycles. The van der Waals surface area contributed by atoms with Crippen molar-refractivity contribution in [1.82, 2.24) is 19.7 Å². The van der Waals surface area contributed by atoms with Gasteiger partial charge in [-0.05, 0) is 25.0 Å². The van der Waals surface area contributed by atoms with Gasteiger partial charge >= 0.3 is 0 Å². The molecular weight excluding hydrogens is 344 g/mol. The Balaban J connectivity index is 1.55. The minimum absolute atomic E-state index is 0.0234. The predicted molar refractivity (Wildman–Crippen MR) is 89.7 cm³/mol. The summed E-state index contributed by atoms with van der Waals surface area (Å²) in [6.07, 6.45) is 2.13. The molecule has 2 aromatic rings. The van der Waals surface area contributed by atoms with Crippen molar-refractivity contribution < 1.29 is 17.9 Å². The second kappa shape index (κ2) is 7.22. The molecule has 134 valence electrons. The van der Waals surface area contributed by atoms with Crippen LogP contribution in [0.15, 0.2) is 41.8 Å². The van der Waals surface area contributed by atoms with E-state index in [2.05, 4.69) is 10.2 Å². The number of rotatable bonds is 5. The topological polar surface area (TPSA) is 94.4 Å². The monoisotopic (exact) mass is 364 g/mol. The molecule has 0 N–H and O–H groups in total. The first-order valence-corrected chi connectivity index (χ1v) is 9.56. The zero-order chi connectivity index (χ0) is 17.9. The lowest BCUT2D eigenvalue weighted by Crippen LogP contribution is -2.44. The molecule has 1 aliphatic rings. The highest BCUT2D eigenvalue weighted by molar-refractivity contribution is 7.91. The predicted octanol–water partition coefficient (Wildman–Crippen LogP) is 0.659. The summed E-state index contributed by atoms with van der Waals surface area (Å²) in [6, 6.07) is 9.11. The van der Waals surface area contributed by atoms with Crippen LogP contribution in [0.4, 0.5) is 0 Å². The number of hydrogen-bond donors (Lipinski definition) is 0. The van der Waals surface area contributed by atoms with Crippen molar-refractivity contribution >= 4 is 15.7 Å². The summed E-state index contributed by atoms with van der Waals surface area (Å²) < 4.78 is 32.1. The molecule has 0 atom stereocenters. The number of sulfone groups is 1. The van der Waals surface area contributed by atoms with Gasteiger partial charge in [-0.2, -0.15) is 0 Å². The number of aromatic nitrogens is 3. The zero-order valence-electron chi connectivity index (χ0n) is 13.9. The van der Waals surface area contributed by atoms with Gasteiger partial charge in [0, 0.05) is 20.1 Å². The molecule has 0 radical (unpaired) electrons. The Morgan fingerprint density at radius 1 is 1.24 bits per heavy atom. The number of para-hydroxylation sites is 1. The Hall–Kier alpha value is -2.42. The smallest absolute Gasteiger partial charge is 0.260 e. The fourth-order valence-corrected chi connectivity index (χ4v) is 4.59. The normalized spacial score (nSPS) is 16.0. The van der Waals surface area contributed by atoms with E-state index in [1.165, 1.54) is 10.9 Å². The average Bonchev–Trinajstić information content (AvgIpc) is 3.07. The van der Waals surface area contributed by atoms with Crippen LogP contribution in [0.2, 0.25) is 0 Å². The van der Waals surface area contributed by atoms with Gasteiger partial charge in [-0.3, -0.25) is 4.79 Å². The number of ether oxygens (including phenoxy) is 1. The highest BCUT2D eigenvalue weighted by atomic mass is 32.2. The van der Waals surface area contributed by atoms with Crippen LogP contribution in [-0.2, 0) is 21.7 Å². The van der Waals surface area contributed by atoms with Crippen molar-refractivity contribution in [2.45, 2.75) is 23.2 Å². The second-order valence-electron chi connectivity index (χ2n) is 5.95. The number of carbonyl (C=O) groups is 1. The molecule has 1 aliphatic heterocycles. The fraction of sp³-hybridized carbons (Fsp3) is 0.438. The van der Waals surface area contributed by atoms with E-state index in [9.17, 15) is 13.2 Å². The van der Waals surface area contributed by atoms with Gasteiger partial charge in [-0.15, -0.1) is 10.2 Å². The van der Waals surface area contributed by atoms with Gasteiger partial charge in [0.05, 0.1) is 5.25 Å². The molecule has 1 amide bonds. The van der Waals surface area contributed by atoms with Gasteiger partial charge in [-0.25, -0.2) is 8.42 Å². The number of carbonyl (C=O) groups excluding carboxylic acids is 1. The first kappa shape index (κ1) is 17.4. The van der Waals surface area contributed by atoms with Crippen molar-refractivity contribution in [2.75, 3.05) is 19.7 Å². The van der Waals surface area contributed by atoms with Crippen LogP contribution in [0.1, 0.15) is 12.8 Å². The van der Waals surface area contributed by atoms with E-state index in [1.54, 1.807) is 24.1 Å². The van der Waals surface area contributed by atoms with E-state index in [1.807, 2.05) is 18.2 Å². The van der Waals surface area contributed by atoms with E-state index in [0.717, 1.165) is 0 Å². The lowest BCUT2D eigenvalue weighted by atomic mass is 10.1. The van der Waals surface area contributed by atoms with Crippen molar-refractivity contribution in [1.29, 1.82) is 0 Å². The van der Waals surface area contributed by atoms with Gasteiger partial charge in [-0.1, -0.05) is 18.2 Å². The van der Waals surface area contributed by atoms with Gasteiger partial charge in [0.25, 0.3) is 5.91 Å². The Morgan fingerprint density at radius 3 is 2.52 bits per heavy atom. The maximum Gasteiger partial charge on any atom is 0.260 e. The Morgan fingerprint density at radius 2 is 1.92 bits per heavy atom. The van der Waals surface area contributed by atoms with E-state index in [-0.39, 0.29) is 17.7 Å². The van der Waals surface area contributed by atoms with Crippen molar-refractivity contribution in [3.05, 3.63) is 36.7 Å². The van der Waals surface area contributed by atoms with Gasteiger partial charge in [0.2, 0.25) is 15.0 Å². The second-order valence-corrected chi connectivity index (χ2v) is 8.07. The Labute approximate surface area is 146 Å². The van der Waals surface area contributed by atoms with Crippen LogP contribution in [0.3, 0.4) is 0 Å². The summed E-state index contributed by atoms with van der Waals surface area (Å²) in [6.45, 7) is 0.724. The first-order valence-electron chi connectivity index (χ1n) is 8.02. The summed E-state index contributed by atoms with van der Waals surface area (Å²) in [4.78, 5) is 13.9. The van der Waals surface area contributed by atoms with Gasteiger partial charge in [0.15, 0.2) is 6.61 Å². The molecule has 0 bridgehead atoms. The van der Waals surface area contributed by atoms with Crippen LogP contribution in [0, 0.1) is 0 Å². The first-order chi connectivity index (χ1) is 12.0. The summed E-state index contributed by atoms with van der Waals surface area (Å²) >= 11 is 0. The largest absolute Gasteiger partial charge is 0.484 e. The van der Waals surface area contributed by atoms with Crippen molar-refractivity contribution in [3.63, 3.8) is 0 Å². The zero-order valence-corrected chi connectivity index (χ0v) is 14.7. The quantitative estimate of drug-likeness (QED) is 0.773. The summed E-state index contributed by atoms with van der Waals surface area (Å²) in [5, 5.41) is 6.77. The molecule has 3 rings (SSSR count). The molecule has 1 saturated heterocycles. The van der Waals surface area contributed by atoms with E-state index in [4.69, 9.17) is 4.74 Å². The van der Waals surface area contributed by atoms with Crippen LogP contribution in [-0.4, -0.2) is 58.9 Å². The summed E-state index contributed by atoms with van der Waals surface area (Å²) in [5.74, 6) is 0.494. The molecule has 2 heterocycles. The third-order valence-electron chi connectivity index (χ3n) is 4.26. The van der Waals surface area contributed by atoms with Crippen LogP contribution >= 0.6 is 0 Å². The fourth-order valence-electron chi connectivity index (χ4n) is 2.85. The maximum atomic E-state index is 12.6. The number of piperidine rings is 1. The Bertz CT molecular complexity index is 827. The molecule has 8 nitrogen and oxygen atoms in total. The minimum atomic E-state index is -3.53. The van der Waals surface area contributed by atoms with Gasteiger partial charge in [0.1, 0.15) is 12.1 Å². The molecule has 0 saturated carbocycles. The summed E-state index contributed by atoms with van der Waals surface area (Å²) in [5.41, 5.74) is 0. The third kappa shape index (κ3) is 3.81. The number of hydrogen-bond acceptors (Lipinski definition) is 6. The molecule has 1 fully saturated rings. The summed E-state index contributed by atoms with van der Waals surface area (Å²) in [7, 11) is -1.93. The minimum Gasteiger partial charge on any atom is -0.484 e. The van der Waals surface area contributed by atoms with Crippen LogP contribution in [0.25, 0.3) is 0 Å². The van der Waals surface area contributed by atoms with E-state index in [0.29, 0.717) is 31.7 Å². The standard InChI is InChI=1S/C16H20N4O4S/c1-19-12-17-18-16(19)25(22,23)14-7-9-20(10-8-14)15(21)11-24-13-5-3-2-4-6-13/h2-6,12,14H,7-11H2,1H3. The maximum absolute atomic E-state index is 12.6. The average molecular weight is 364 g/mol. The molecule has 25 heavy (non-hydrogen) atoms. The van der Waals surface area contributed by atoms with Crippen molar-refractivity contribution in [3.8, 4) is 5.75 Å². The Kier molecular flexibility index (Phi) is 5.03. The number of benzene rings is 1. The van der Waals surface area contributed by atoms with E-state index < -0.39 is 15.1 Å². The lowest BCUT2D eigenvalue weighted by molar-refractivity contribution is -0.134. The van der Waals surface area contributed by atoms with E-state index >= 15 is 0 Å². The molecular formula is C16H20N4O4S. The number of aryl methyl sites for hydroxylation is 1.